The molecular formula is C13H20O3. The molecule has 0 heterocycles. The van der Waals surface area contributed by atoms with E-state index in [9.17, 15) is 9.90 Å². The Morgan fingerprint density at radius 1 is 1.56 bits per heavy atom. The van der Waals surface area contributed by atoms with E-state index in [1.807, 2.05) is 13.8 Å². The number of allylic oxidation sites excluding steroid dienone is 1. The van der Waals surface area contributed by atoms with Gasteiger partial charge in [0.1, 0.15) is 0 Å². The Balaban J connectivity index is 3.05. The summed E-state index contributed by atoms with van der Waals surface area (Å²) < 4.78 is 4.88. The number of ether oxygens (including phenoxy) is 1. The fourth-order valence-electron chi connectivity index (χ4n) is 2.03. The molecule has 1 N–H and O–H groups in total. The van der Waals surface area contributed by atoms with Crippen molar-refractivity contribution in [2.45, 2.75) is 46.1 Å². The zero-order valence-electron chi connectivity index (χ0n) is 10.5. The smallest absolute Gasteiger partial charge is 0.331 e. The van der Waals surface area contributed by atoms with Gasteiger partial charge in [-0.25, -0.2) is 4.79 Å². The first-order valence-corrected chi connectivity index (χ1v) is 5.66. The van der Waals surface area contributed by atoms with Crippen molar-refractivity contribution in [3.63, 3.8) is 0 Å². The lowest BCUT2D eigenvalue weighted by atomic mass is 9.95. The third-order valence-corrected chi connectivity index (χ3v) is 2.92. The highest BCUT2D eigenvalue weighted by Crippen LogP contribution is 2.40. The monoisotopic (exact) mass is 224 g/mol. The lowest BCUT2D eigenvalue weighted by molar-refractivity contribution is -0.137. The van der Waals surface area contributed by atoms with E-state index in [1.165, 1.54) is 6.08 Å². The van der Waals surface area contributed by atoms with Crippen molar-refractivity contribution in [2.24, 2.45) is 0 Å². The number of hydrogen-bond donors (Lipinski definition) is 1. The Labute approximate surface area is 96.8 Å². The van der Waals surface area contributed by atoms with Crippen LogP contribution in [0.1, 0.15) is 40.5 Å². The Kier molecular flexibility index (Phi) is 3.92. The highest BCUT2D eigenvalue weighted by atomic mass is 16.5. The Hall–Kier alpha value is -1.09. The molecular weight excluding hydrogens is 204 g/mol. The van der Waals surface area contributed by atoms with Crippen LogP contribution in [0.4, 0.5) is 0 Å². The van der Waals surface area contributed by atoms with Crippen molar-refractivity contribution < 1.29 is 14.6 Å². The fraction of sp³-hybridized carbons (Fsp3) is 0.615. The van der Waals surface area contributed by atoms with Gasteiger partial charge in [0.25, 0.3) is 0 Å². The summed E-state index contributed by atoms with van der Waals surface area (Å²) >= 11 is 0. The summed E-state index contributed by atoms with van der Waals surface area (Å²) in [5.74, 6) is -0.376. The lowest BCUT2D eigenvalue weighted by Gasteiger charge is -2.18. The summed E-state index contributed by atoms with van der Waals surface area (Å²) in [6.45, 7) is 7.86. The molecule has 0 saturated heterocycles. The topological polar surface area (TPSA) is 46.5 Å². The molecule has 0 aliphatic heterocycles. The molecule has 1 rings (SSSR count). The molecule has 0 aromatic rings. The molecule has 0 spiro atoms. The molecule has 16 heavy (non-hydrogen) atoms. The number of carbonyl (C=O) groups excluding carboxylic acids is 1. The van der Waals surface area contributed by atoms with Crippen LogP contribution in [0.2, 0.25) is 0 Å². The minimum atomic E-state index is -0.903. The standard InChI is InChI=1S/C13H20O3/c1-5-16-12(14)8-11-10(9(2)3)6-7-13(11,4)15/h8,15H,5-7H2,1-4H3/b11-8-/t13-/m1/s1. The molecule has 1 aliphatic carbocycles. The van der Waals surface area contributed by atoms with Crippen LogP contribution in [-0.2, 0) is 9.53 Å². The van der Waals surface area contributed by atoms with Crippen molar-refractivity contribution in [3.8, 4) is 0 Å². The summed E-state index contributed by atoms with van der Waals surface area (Å²) in [5.41, 5.74) is 2.04. The Morgan fingerprint density at radius 2 is 2.19 bits per heavy atom. The van der Waals surface area contributed by atoms with Gasteiger partial charge in [-0.2, -0.15) is 0 Å². The second-order valence-electron chi connectivity index (χ2n) is 4.56. The number of hydrogen-bond acceptors (Lipinski definition) is 3. The average Bonchev–Trinajstić information content (AvgIpc) is 2.43. The summed E-state index contributed by atoms with van der Waals surface area (Å²) in [6.07, 6.45) is 2.91. The van der Waals surface area contributed by atoms with Crippen LogP contribution in [0.5, 0.6) is 0 Å². The van der Waals surface area contributed by atoms with Crippen LogP contribution in [-0.4, -0.2) is 23.3 Å². The van der Waals surface area contributed by atoms with Gasteiger partial charge < -0.3 is 9.84 Å². The van der Waals surface area contributed by atoms with E-state index < -0.39 is 5.60 Å². The zero-order valence-corrected chi connectivity index (χ0v) is 10.5. The molecule has 1 aliphatic rings. The van der Waals surface area contributed by atoms with Gasteiger partial charge in [-0.15, -0.1) is 0 Å². The van der Waals surface area contributed by atoms with E-state index >= 15 is 0 Å². The average molecular weight is 224 g/mol. The molecule has 1 saturated carbocycles. The quantitative estimate of drug-likeness (QED) is 0.578. The maximum absolute atomic E-state index is 11.4. The van der Waals surface area contributed by atoms with Crippen LogP contribution in [0, 0.1) is 0 Å². The normalized spacial score (nSPS) is 27.3. The van der Waals surface area contributed by atoms with Crippen molar-refractivity contribution in [3.05, 3.63) is 22.8 Å². The molecule has 0 bridgehead atoms. The molecule has 0 aromatic carbocycles. The van der Waals surface area contributed by atoms with Gasteiger partial charge in [0, 0.05) is 6.08 Å². The molecule has 0 radical (unpaired) electrons. The molecule has 0 amide bonds. The van der Waals surface area contributed by atoms with Crippen molar-refractivity contribution in [2.75, 3.05) is 6.61 Å². The third kappa shape index (κ3) is 2.73. The van der Waals surface area contributed by atoms with Gasteiger partial charge in [0.15, 0.2) is 0 Å². The van der Waals surface area contributed by atoms with Crippen molar-refractivity contribution >= 4 is 5.97 Å². The Morgan fingerprint density at radius 3 is 2.69 bits per heavy atom. The van der Waals surface area contributed by atoms with E-state index in [2.05, 4.69) is 0 Å². The van der Waals surface area contributed by atoms with E-state index in [4.69, 9.17) is 4.74 Å². The highest BCUT2D eigenvalue weighted by molar-refractivity contribution is 5.84. The molecule has 1 atom stereocenters. The van der Waals surface area contributed by atoms with Gasteiger partial charge in [-0.1, -0.05) is 5.57 Å². The van der Waals surface area contributed by atoms with E-state index in [0.717, 1.165) is 17.6 Å². The maximum Gasteiger partial charge on any atom is 0.331 e. The summed E-state index contributed by atoms with van der Waals surface area (Å²) in [7, 11) is 0. The second-order valence-corrected chi connectivity index (χ2v) is 4.56. The van der Waals surface area contributed by atoms with Crippen LogP contribution >= 0.6 is 0 Å². The number of carbonyl (C=O) groups is 1. The fourth-order valence-corrected chi connectivity index (χ4v) is 2.03. The highest BCUT2D eigenvalue weighted by Gasteiger charge is 2.35. The van der Waals surface area contributed by atoms with Gasteiger partial charge >= 0.3 is 5.97 Å². The SMILES string of the molecule is CCOC(=O)/C=C1/C(=C(C)C)CC[C@@]1(C)O. The second kappa shape index (κ2) is 4.83. The summed E-state index contributed by atoms with van der Waals surface area (Å²) in [4.78, 5) is 11.4. The van der Waals surface area contributed by atoms with Crippen LogP contribution in [0.15, 0.2) is 22.8 Å². The van der Waals surface area contributed by atoms with E-state index in [1.54, 1.807) is 13.8 Å². The molecule has 0 unspecified atom stereocenters. The minimum absolute atomic E-state index is 0.356. The first kappa shape index (κ1) is 13.0. The van der Waals surface area contributed by atoms with Crippen LogP contribution in [0.3, 0.4) is 0 Å². The predicted octanol–water partition coefficient (Wildman–Crippen LogP) is 2.36. The molecule has 0 aromatic heterocycles. The minimum Gasteiger partial charge on any atom is -0.463 e. The summed E-state index contributed by atoms with van der Waals surface area (Å²) in [5, 5.41) is 10.2. The maximum atomic E-state index is 11.4. The summed E-state index contributed by atoms with van der Waals surface area (Å²) in [6, 6.07) is 0. The van der Waals surface area contributed by atoms with Gasteiger partial charge in [-0.05, 0) is 51.7 Å². The van der Waals surface area contributed by atoms with E-state index in [0.29, 0.717) is 18.6 Å². The number of rotatable bonds is 2. The van der Waals surface area contributed by atoms with Crippen LogP contribution < -0.4 is 0 Å². The number of esters is 1. The molecule has 3 nitrogen and oxygen atoms in total. The van der Waals surface area contributed by atoms with Gasteiger partial charge in [-0.3, -0.25) is 0 Å². The van der Waals surface area contributed by atoms with Gasteiger partial charge in [0.05, 0.1) is 12.2 Å². The van der Waals surface area contributed by atoms with Gasteiger partial charge in [0.2, 0.25) is 0 Å². The zero-order chi connectivity index (χ0) is 12.3. The number of aliphatic hydroxyl groups is 1. The predicted molar refractivity (Wildman–Crippen MR) is 62.9 cm³/mol. The van der Waals surface area contributed by atoms with Crippen LogP contribution in [0.25, 0.3) is 0 Å². The Bertz CT molecular complexity index is 344. The first-order valence-electron chi connectivity index (χ1n) is 5.66. The van der Waals surface area contributed by atoms with Crippen molar-refractivity contribution in [1.29, 1.82) is 0 Å². The van der Waals surface area contributed by atoms with E-state index in [-0.39, 0.29) is 5.97 Å². The van der Waals surface area contributed by atoms with Crippen molar-refractivity contribution in [1.82, 2.24) is 0 Å². The third-order valence-electron chi connectivity index (χ3n) is 2.92. The first-order chi connectivity index (χ1) is 7.38. The molecule has 1 fully saturated rings. The molecule has 90 valence electrons. The lowest BCUT2D eigenvalue weighted by Crippen LogP contribution is -2.22. The largest absolute Gasteiger partial charge is 0.463 e. The molecule has 3 heteroatoms.